The molecule has 1 atom stereocenters. The average molecular weight is 369 g/mol. The molecule has 1 amide bonds. The van der Waals surface area contributed by atoms with Gasteiger partial charge in [-0.05, 0) is 44.2 Å². The van der Waals surface area contributed by atoms with E-state index < -0.39 is 0 Å². The van der Waals surface area contributed by atoms with Crippen LogP contribution in [-0.4, -0.2) is 60.8 Å². The zero-order valence-corrected chi connectivity index (χ0v) is 16.0. The van der Waals surface area contributed by atoms with E-state index in [4.69, 9.17) is 4.74 Å². The Morgan fingerprint density at radius 1 is 1.33 bits per heavy atom. The monoisotopic (exact) mass is 369 g/mol. The summed E-state index contributed by atoms with van der Waals surface area (Å²) in [6.45, 7) is 2.61. The summed E-state index contributed by atoms with van der Waals surface area (Å²) >= 11 is 0. The van der Waals surface area contributed by atoms with E-state index in [1.807, 2.05) is 36.4 Å². The Morgan fingerprint density at radius 3 is 2.96 bits per heavy atom. The van der Waals surface area contributed by atoms with Crippen molar-refractivity contribution in [3.05, 3.63) is 42.6 Å². The number of para-hydroxylation sites is 2. The fraction of sp³-hybridized carbons (Fsp3) is 0.450. The van der Waals surface area contributed by atoms with Crippen LogP contribution < -0.4 is 15.0 Å². The normalized spacial score (nSPS) is 16.6. The number of carbonyl (C=O) groups excluding carboxylic acids is 1. The van der Waals surface area contributed by atoms with E-state index in [1.165, 1.54) is 0 Å². The third-order valence-corrected chi connectivity index (χ3v) is 4.85. The molecule has 1 aliphatic heterocycles. The van der Waals surface area contributed by atoms with Crippen molar-refractivity contribution >= 4 is 17.4 Å². The highest BCUT2D eigenvalue weighted by Gasteiger charge is 2.26. The molecule has 2 aromatic rings. The van der Waals surface area contributed by atoms with Crippen molar-refractivity contribution in [3.8, 4) is 5.75 Å². The number of nitrogens with zero attached hydrogens (tertiary/aromatic N) is 4. The van der Waals surface area contributed by atoms with Crippen molar-refractivity contribution in [2.75, 3.05) is 44.0 Å². The fourth-order valence-corrected chi connectivity index (χ4v) is 3.48. The molecule has 1 N–H and O–H groups in total. The lowest BCUT2D eigenvalue weighted by Gasteiger charge is -2.29. The van der Waals surface area contributed by atoms with Gasteiger partial charge >= 0.3 is 0 Å². The molecule has 7 nitrogen and oxygen atoms in total. The predicted octanol–water partition coefficient (Wildman–Crippen LogP) is 2.41. The minimum atomic E-state index is -0.0106. The number of benzene rings is 1. The minimum absolute atomic E-state index is 0.0106. The molecule has 1 aromatic carbocycles. The van der Waals surface area contributed by atoms with Crippen LogP contribution in [0.1, 0.15) is 19.3 Å². The van der Waals surface area contributed by atoms with Crippen molar-refractivity contribution in [2.45, 2.75) is 25.3 Å². The lowest BCUT2D eigenvalue weighted by Crippen LogP contribution is -2.40. The SMILES string of the molecule is COc1ccccc1NC(=O)CCN(C)CC1CCCN1c1cccnn1. The highest BCUT2D eigenvalue weighted by Crippen LogP contribution is 2.24. The van der Waals surface area contributed by atoms with Crippen molar-refractivity contribution < 1.29 is 9.53 Å². The third kappa shape index (κ3) is 5.17. The Kier molecular flexibility index (Phi) is 6.59. The van der Waals surface area contributed by atoms with Crippen LogP contribution in [0.5, 0.6) is 5.75 Å². The average Bonchev–Trinajstić information content (AvgIpc) is 3.15. The molecule has 0 aliphatic carbocycles. The summed E-state index contributed by atoms with van der Waals surface area (Å²) < 4.78 is 5.27. The minimum Gasteiger partial charge on any atom is -0.495 e. The highest BCUT2D eigenvalue weighted by atomic mass is 16.5. The van der Waals surface area contributed by atoms with Gasteiger partial charge in [-0.15, -0.1) is 5.10 Å². The van der Waals surface area contributed by atoms with Gasteiger partial charge in [0.05, 0.1) is 12.8 Å². The molecule has 0 radical (unpaired) electrons. The number of likely N-dealkylation sites (N-methyl/N-ethyl adjacent to an activating group) is 1. The zero-order chi connectivity index (χ0) is 19.1. The van der Waals surface area contributed by atoms with Crippen LogP contribution in [0.4, 0.5) is 11.5 Å². The smallest absolute Gasteiger partial charge is 0.225 e. The molecule has 144 valence electrons. The second-order valence-corrected chi connectivity index (χ2v) is 6.83. The molecule has 1 unspecified atom stereocenters. The van der Waals surface area contributed by atoms with Gasteiger partial charge in [-0.2, -0.15) is 5.10 Å². The Morgan fingerprint density at radius 2 is 2.19 bits per heavy atom. The number of carbonyl (C=O) groups is 1. The lowest BCUT2D eigenvalue weighted by atomic mass is 10.2. The quantitative estimate of drug-likeness (QED) is 0.771. The van der Waals surface area contributed by atoms with E-state index in [9.17, 15) is 4.79 Å². The van der Waals surface area contributed by atoms with Gasteiger partial charge in [0, 0.05) is 38.3 Å². The Labute approximate surface area is 160 Å². The maximum Gasteiger partial charge on any atom is 0.225 e. The largest absolute Gasteiger partial charge is 0.495 e. The number of hydrogen-bond acceptors (Lipinski definition) is 6. The Bertz CT molecular complexity index is 740. The summed E-state index contributed by atoms with van der Waals surface area (Å²) in [6, 6.07) is 11.8. The van der Waals surface area contributed by atoms with Crippen molar-refractivity contribution in [1.82, 2.24) is 15.1 Å². The summed E-state index contributed by atoms with van der Waals surface area (Å²) in [7, 11) is 3.66. The first-order valence-electron chi connectivity index (χ1n) is 9.33. The van der Waals surface area contributed by atoms with Crippen LogP contribution >= 0.6 is 0 Å². The van der Waals surface area contributed by atoms with E-state index in [1.54, 1.807) is 13.3 Å². The molecule has 7 heteroatoms. The number of nitrogens with one attached hydrogen (secondary N) is 1. The number of amides is 1. The fourth-order valence-electron chi connectivity index (χ4n) is 3.48. The third-order valence-electron chi connectivity index (χ3n) is 4.85. The van der Waals surface area contributed by atoms with Gasteiger partial charge in [-0.25, -0.2) is 0 Å². The van der Waals surface area contributed by atoms with Crippen LogP contribution in [0.2, 0.25) is 0 Å². The van der Waals surface area contributed by atoms with Gasteiger partial charge < -0.3 is 19.9 Å². The predicted molar refractivity (Wildman–Crippen MR) is 106 cm³/mol. The van der Waals surface area contributed by atoms with Crippen LogP contribution in [-0.2, 0) is 4.79 Å². The number of rotatable bonds is 8. The number of aromatic nitrogens is 2. The standard InChI is InChI=1S/C20H27N5O2/c1-24(14-11-20(26)22-17-8-3-4-9-18(17)27-2)15-16-7-6-13-25(16)19-10-5-12-21-23-19/h3-5,8-10,12,16H,6-7,11,13-15H2,1-2H3,(H,22,26). The molecule has 0 saturated carbocycles. The summed E-state index contributed by atoms with van der Waals surface area (Å²) in [5, 5.41) is 11.2. The number of anilines is 2. The van der Waals surface area contributed by atoms with E-state index in [-0.39, 0.29) is 5.91 Å². The molecule has 1 saturated heterocycles. The van der Waals surface area contributed by atoms with E-state index >= 15 is 0 Å². The van der Waals surface area contributed by atoms with Crippen LogP contribution in [0, 0.1) is 0 Å². The highest BCUT2D eigenvalue weighted by molar-refractivity contribution is 5.92. The molecule has 3 rings (SSSR count). The van der Waals surface area contributed by atoms with Crippen LogP contribution in [0.15, 0.2) is 42.6 Å². The second-order valence-electron chi connectivity index (χ2n) is 6.83. The molecule has 1 aromatic heterocycles. The van der Waals surface area contributed by atoms with Gasteiger partial charge in [0.15, 0.2) is 5.82 Å². The van der Waals surface area contributed by atoms with E-state index in [0.717, 1.165) is 31.7 Å². The van der Waals surface area contributed by atoms with Crippen LogP contribution in [0.3, 0.4) is 0 Å². The van der Waals surface area contributed by atoms with Gasteiger partial charge in [-0.3, -0.25) is 4.79 Å². The molecular weight excluding hydrogens is 342 g/mol. The van der Waals surface area contributed by atoms with Gasteiger partial charge in [0.1, 0.15) is 5.75 Å². The molecule has 2 heterocycles. The molecular formula is C20H27N5O2. The molecule has 1 fully saturated rings. The van der Waals surface area contributed by atoms with Crippen LogP contribution in [0.25, 0.3) is 0 Å². The summed E-state index contributed by atoms with van der Waals surface area (Å²) in [4.78, 5) is 16.8. The first kappa shape index (κ1) is 19.1. The summed E-state index contributed by atoms with van der Waals surface area (Å²) in [5.41, 5.74) is 0.706. The van der Waals surface area contributed by atoms with Crippen molar-refractivity contribution in [1.29, 1.82) is 0 Å². The second kappa shape index (κ2) is 9.32. The van der Waals surface area contributed by atoms with Crippen molar-refractivity contribution in [3.63, 3.8) is 0 Å². The van der Waals surface area contributed by atoms with E-state index in [2.05, 4.69) is 32.4 Å². The topological polar surface area (TPSA) is 70.6 Å². The van der Waals surface area contributed by atoms with Gasteiger partial charge in [0.2, 0.25) is 5.91 Å². The first-order chi connectivity index (χ1) is 13.2. The summed E-state index contributed by atoms with van der Waals surface area (Å²) in [6.07, 6.45) is 4.42. The maximum atomic E-state index is 12.3. The first-order valence-corrected chi connectivity index (χ1v) is 9.33. The summed E-state index contributed by atoms with van der Waals surface area (Å²) in [5.74, 6) is 1.59. The molecule has 1 aliphatic rings. The van der Waals surface area contributed by atoms with Gasteiger partial charge in [0.25, 0.3) is 0 Å². The molecule has 0 spiro atoms. The van der Waals surface area contributed by atoms with E-state index in [0.29, 0.717) is 30.4 Å². The number of ether oxygens (including phenoxy) is 1. The van der Waals surface area contributed by atoms with Gasteiger partial charge in [-0.1, -0.05) is 12.1 Å². The molecule has 0 bridgehead atoms. The molecule has 27 heavy (non-hydrogen) atoms. The van der Waals surface area contributed by atoms with Crippen molar-refractivity contribution in [2.24, 2.45) is 0 Å². The number of hydrogen-bond donors (Lipinski definition) is 1. The maximum absolute atomic E-state index is 12.3. The zero-order valence-electron chi connectivity index (χ0n) is 16.0. The lowest BCUT2D eigenvalue weighted by molar-refractivity contribution is -0.116. The Hall–Kier alpha value is -2.67. The number of methoxy groups -OCH3 is 1. The Balaban J connectivity index is 1.48.